The number of para-hydroxylation sites is 1. The quantitative estimate of drug-likeness (QED) is 0.0625. The molecule has 0 unspecified atom stereocenters. The van der Waals surface area contributed by atoms with Crippen LogP contribution in [0.4, 0.5) is 11.4 Å². The fourth-order valence-electron chi connectivity index (χ4n) is 4.26. The van der Waals surface area contributed by atoms with Gasteiger partial charge in [0.2, 0.25) is 17.7 Å². The molecule has 4 amide bonds. The number of nitrogens with two attached hydrogens (primary N) is 1. The minimum Gasteiger partial charge on any atom is -0.480 e. The van der Waals surface area contributed by atoms with Crippen molar-refractivity contribution in [2.45, 2.75) is 64.5 Å². The van der Waals surface area contributed by atoms with Gasteiger partial charge in [-0.15, -0.1) is 0 Å². The molecule has 0 saturated heterocycles. The molecule has 2 aromatic carbocycles. The van der Waals surface area contributed by atoms with E-state index in [1.54, 1.807) is 38.1 Å². The lowest BCUT2D eigenvalue weighted by Crippen LogP contribution is -2.54. The Morgan fingerprint density at radius 1 is 0.886 bits per heavy atom. The van der Waals surface area contributed by atoms with Crippen molar-refractivity contribution >= 4 is 41.0 Å². The number of carboxylic acids is 1. The Morgan fingerprint density at radius 2 is 1.57 bits per heavy atom. The number of nitrogens with one attached hydrogen (secondary N) is 4. The molecule has 2 aromatic rings. The zero-order valence-corrected chi connectivity index (χ0v) is 24.8. The van der Waals surface area contributed by atoms with Crippen molar-refractivity contribution in [1.82, 2.24) is 21.3 Å². The van der Waals surface area contributed by atoms with Crippen LogP contribution in [0.25, 0.3) is 0 Å². The fraction of sp³-hybridized carbons (Fsp3) is 0.433. The molecule has 238 valence electrons. The lowest BCUT2D eigenvalue weighted by atomic mass is 10.0. The number of hydrogen-bond acceptors (Lipinski definition) is 8. The Bertz CT molecular complexity index is 1310. The number of unbranched alkanes of at least 4 members (excludes halogenated alkanes) is 2. The van der Waals surface area contributed by atoms with Crippen LogP contribution in [-0.4, -0.2) is 64.8 Å². The molecule has 0 fully saturated rings. The van der Waals surface area contributed by atoms with E-state index < -0.39 is 41.3 Å². The zero-order chi connectivity index (χ0) is 32.6. The minimum absolute atomic E-state index is 0.0262. The maximum atomic E-state index is 13.0. The molecule has 7 N–H and O–H groups in total. The number of nitro benzene ring substituents is 1. The SMILES string of the molecule is CC(C)C[C@H](NC(=O)[C@H](Cc1ccc([N+](=O)[O-])cc1)NC(=O)CNC(=O)CCCCCNC(=O)c1ccccc1N)C(=O)O. The van der Waals surface area contributed by atoms with E-state index in [1.807, 2.05) is 0 Å². The molecule has 0 radical (unpaired) electrons. The number of benzene rings is 2. The van der Waals surface area contributed by atoms with Crippen molar-refractivity contribution in [2.24, 2.45) is 5.92 Å². The second-order valence-corrected chi connectivity index (χ2v) is 10.7. The molecular weight excluding hydrogens is 572 g/mol. The van der Waals surface area contributed by atoms with Gasteiger partial charge in [0.05, 0.1) is 17.0 Å². The average Bonchev–Trinajstić information content (AvgIpc) is 2.97. The van der Waals surface area contributed by atoms with Crippen LogP contribution in [0, 0.1) is 16.0 Å². The van der Waals surface area contributed by atoms with Crippen molar-refractivity contribution in [3.63, 3.8) is 0 Å². The van der Waals surface area contributed by atoms with Gasteiger partial charge in [-0.3, -0.25) is 29.3 Å². The van der Waals surface area contributed by atoms with E-state index in [-0.39, 0.29) is 42.7 Å². The maximum Gasteiger partial charge on any atom is 0.326 e. The van der Waals surface area contributed by atoms with Crippen LogP contribution in [0.2, 0.25) is 0 Å². The standard InChI is InChI=1S/C30H40N6O8/c1-19(2)16-25(30(41)42)35-29(40)24(17-20-11-13-21(14-12-20)36(43)44)34-27(38)18-33-26(37)10-4-3-7-15-32-28(39)22-8-5-6-9-23(22)31/h5-6,8-9,11-14,19,24-25H,3-4,7,10,15-18,31H2,1-2H3,(H,32,39)(H,33,37)(H,34,38)(H,35,40)(H,41,42)/t24-,25-/m0/s1. The number of carboxylic acid groups (broad SMARTS) is 1. The number of anilines is 1. The molecule has 0 aromatic heterocycles. The van der Waals surface area contributed by atoms with Crippen LogP contribution in [0.15, 0.2) is 48.5 Å². The number of nitrogen functional groups attached to an aromatic ring is 1. The number of non-ortho nitro benzene ring substituents is 1. The second kappa shape index (κ2) is 17.8. The molecule has 0 saturated carbocycles. The van der Waals surface area contributed by atoms with Crippen molar-refractivity contribution in [3.8, 4) is 0 Å². The normalized spacial score (nSPS) is 12.1. The van der Waals surface area contributed by atoms with Crippen LogP contribution >= 0.6 is 0 Å². The van der Waals surface area contributed by atoms with Crippen molar-refractivity contribution in [3.05, 3.63) is 69.8 Å². The highest BCUT2D eigenvalue weighted by atomic mass is 16.6. The van der Waals surface area contributed by atoms with E-state index >= 15 is 0 Å². The molecular formula is C30H40N6O8. The number of carbonyl (C=O) groups excluding carboxylic acids is 4. The average molecular weight is 613 g/mol. The Labute approximate surface area is 255 Å². The molecule has 0 aliphatic heterocycles. The van der Waals surface area contributed by atoms with Crippen molar-refractivity contribution in [2.75, 3.05) is 18.8 Å². The van der Waals surface area contributed by atoms with Gasteiger partial charge in [-0.2, -0.15) is 0 Å². The minimum atomic E-state index is -1.22. The summed E-state index contributed by atoms with van der Waals surface area (Å²) in [5.41, 5.74) is 6.94. The first-order valence-corrected chi connectivity index (χ1v) is 14.3. The molecule has 2 rings (SSSR count). The van der Waals surface area contributed by atoms with Gasteiger partial charge in [0.25, 0.3) is 11.6 Å². The number of nitrogens with zero attached hydrogens (tertiary/aromatic N) is 1. The molecule has 0 aliphatic rings. The summed E-state index contributed by atoms with van der Waals surface area (Å²) in [6.45, 7) is 3.61. The third kappa shape index (κ3) is 12.5. The second-order valence-electron chi connectivity index (χ2n) is 10.7. The first-order chi connectivity index (χ1) is 20.9. The van der Waals surface area contributed by atoms with Gasteiger partial charge in [-0.1, -0.05) is 44.5 Å². The van der Waals surface area contributed by atoms with Gasteiger partial charge in [-0.05, 0) is 42.9 Å². The Hall–Kier alpha value is -5.01. The van der Waals surface area contributed by atoms with Gasteiger partial charge in [0.15, 0.2) is 0 Å². The molecule has 14 nitrogen and oxygen atoms in total. The molecule has 14 heteroatoms. The number of aliphatic carboxylic acids is 1. The summed E-state index contributed by atoms with van der Waals surface area (Å²) in [6.07, 6.45) is 2.07. The largest absolute Gasteiger partial charge is 0.480 e. The Morgan fingerprint density at radius 3 is 2.18 bits per heavy atom. The third-order valence-electron chi connectivity index (χ3n) is 6.58. The first kappa shape index (κ1) is 35.2. The summed E-state index contributed by atoms with van der Waals surface area (Å²) in [6, 6.07) is 9.77. The molecule has 44 heavy (non-hydrogen) atoms. The highest BCUT2D eigenvalue weighted by Crippen LogP contribution is 2.14. The molecule has 0 spiro atoms. The van der Waals surface area contributed by atoms with Gasteiger partial charge in [0.1, 0.15) is 12.1 Å². The highest BCUT2D eigenvalue weighted by Gasteiger charge is 2.27. The predicted molar refractivity (Wildman–Crippen MR) is 162 cm³/mol. The number of rotatable bonds is 18. The summed E-state index contributed by atoms with van der Waals surface area (Å²) < 4.78 is 0. The lowest BCUT2D eigenvalue weighted by Gasteiger charge is -2.22. The van der Waals surface area contributed by atoms with E-state index in [0.717, 1.165) is 0 Å². The predicted octanol–water partition coefficient (Wildman–Crippen LogP) is 1.93. The number of nitro groups is 1. The van der Waals surface area contributed by atoms with Crippen LogP contribution in [0.1, 0.15) is 61.9 Å². The van der Waals surface area contributed by atoms with E-state index in [1.165, 1.54) is 24.3 Å². The zero-order valence-electron chi connectivity index (χ0n) is 24.8. The molecule has 2 atom stereocenters. The smallest absolute Gasteiger partial charge is 0.326 e. The monoisotopic (exact) mass is 612 g/mol. The summed E-state index contributed by atoms with van der Waals surface area (Å²) >= 11 is 0. The highest BCUT2D eigenvalue weighted by molar-refractivity contribution is 5.99. The lowest BCUT2D eigenvalue weighted by molar-refractivity contribution is -0.384. The van der Waals surface area contributed by atoms with Gasteiger partial charge >= 0.3 is 5.97 Å². The third-order valence-corrected chi connectivity index (χ3v) is 6.58. The first-order valence-electron chi connectivity index (χ1n) is 14.3. The summed E-state index contributed by atoms with van der Waals surface area (Å²) in [5, 5.41) is 30.7. The van der Waals surface area contributed by atoms with Gasteiger partial charge < -0.3 is 32.1 Å². The van der Waals surface area contributed by atoms with Crippen molar-refractivity contribution < 1.29 is 34.0 Å². The summed E-state index contributed by atoms with van der Waals surface area (Å²) in [4.78, 5) is 72.2. The fourth-order valence-corrected chi connectivity index (χ4v) is 4.26. The van der Waals surface area contributed by atoms with Crippen LogP contribution in [0.3, 0.4) is 0 Å². The van der Waals surface area contributed by atoms with Gasteiger partial charge in [0, 0.05) is 37.2 Å². The molecule has 0 aliphatic carbocycles. The topological polar surface area (TPSA) is 223 Å². The Kier molecular flexibility index (Phi) is 14.3. The maximum absolute atomic E-state index is 13.0. The van der Waals surface area contributed by atoms with E-state index in [2.05, 4.69) is 21.3 Å². The number of hydrogen-bond donors (Lipinski definition) is 6. The van der Waals surface area contributed by atoms with Crippen LogP contribution < -0.4 is 27.0 Å². The van der Waals surface area contributed by atoms with Gasteiger partial charge in [-0.25, -0.2) is 4.79 Å². The van der Waals surface area contributed by atoms with E-state index in [4.69, 9.17) is 5.73 Å². The molecule has 0 bridgehead atoms. The van der Waals surface area contributed by atoms with E-state index in [0.29, 0.717) is 42.6 Å². The van der Waals surface area contributed by atoms with Crippen LogP contribution in [-0.2, 0) is 25.6 Å². The van der Waals surface area contributed by atoms with Crippen LogP contribution in [0.5, 0.6) is 0 Å². The number of carbonyl (C=O) groups is 5. The molecule has 0 heterocycles. The Balaban J connectivity index is 1.85. The summed E-state index contributed by atoms with van der Waals surface area (Å²) in [7, 11) is 0. The number of amides is 4. The summed E-state index contributed by atoms with van der Waals surface area (Å²) in [5.74, 6) is -3.30. The van der Waals surface area contributed by atoms with E-state index in [9.17, 15) is 39.2 Å². The van der Waals surface area contributed by atoms with Crippen molar-refractivity contribution in [1.29, 1.82) is 0 Å².